The van der Waals surface area contributed by atoms with Crippen LogP contribution in [0.25, 0.3) is 0 Å². The molecule has 0 radical (unpaired) electrons. The van der Waals surface area contributed by atoms with Crippen molar-refractivity contribution in [1.82, 2.24) is 9.97 Å². The third-order valence-corrected chi connectivity index (χ3v) is 2.87. The minimum absolute atomic E-state index is 0.276. The molecule has 0 N–H and O–H groups in total. The lowest BCUT2D eigenvalue weighted by Crippen LogP contribution is -2.07. The van der Waals surface area contributed by atoms with E-state index in [4.69, 9.17) is 9.47 Å². The van der Waals surface area contributed by atoms with E-state index < -0.39 is 12.4 Å². The van der Waals surface area contributed by atoms with Crippen molar-refractivity contribution in [3.05, 3.63) is 30.1 Å². The number of thioether (sulfide) groups is 1. The Kier molecular flexibility index (Phi) is 6.77. The van der Waals surface area contributed by atoms with E-state index >= 15 is 0 Å². The Labute approximate surface area is 108 Å². The molecule has 100 valence electrons. The minimum atomic E-state index is -1.66. The third kappa shape index (κ3) is 5.07. The molecule has 18 heavy (non-hydrogen) atoms. The van der Waals surface area contributed by atoms with Gasteiger partial charge in [-0.05, 0) is 18.6 Å². The van der Waals surface area contributed by atoms with Crippen LogP contribution in [-0.2, 0) is 9.47 Å². The smallest absolute Gasteiger partial charge is 0.266 e. The van der Waals surface area contributed by atoms with Crippen LogP contribution in [0.2, 0.25) is 0 Å². The number of halogens is 2. The Balaban J connectivity index is 2.56. The van der Waals surface area contributed by atoms with Crippen LogP contribution in [0.5, 0.6) is 0 Å². The highest BCUT2D eigenvalue weighted by Gasteiger charge is 2.11. The van der Waals surface area contributed by atoms with Gasteiger partial charge < -0.3 is 9.47 Å². The van der Waals surface area contributed by atoms with Crippen molar-refractivity contribution in [2.24, 2.45) is 0 Å². The molecule has 1 aromatic heterocycles. The zero-order valence-electron chi connectivity index (χ0n) is 10.1. The molecule has 0 spiro atoms. The highest BCUT2D eigenvalue weighted by molar-refractivity contribution is 7.99. The number of nitrogens with zero attached hydrogens (tertiary/aromatic N) is 2. The van der Waals surface area contributed by atoms with Crippen molar-refractivity contribution in [2.45, 2.75) is 17.9 Å². The van der Waals surface area contributed by atoms with Gasteiger partial charge in [0.25, 0.3) is 6.08 Å². The summed E-state index contributed by atoms with van der Waals surface area (Å²) in [5, 5.41) is 0.513. The topological polar surface area (TPSA) is 44.2 Å². The predicted octanol–water partition coefficient (Wildman–Crippen LogP) is 3.03. The zero-order valence-corrected chi connectivity index (χ0v) is 10.9. The van der Waals surface area contributed by atoms with Crippen molar-refractivity contribution < 1.29 is 18.3 Å². The Hall–Kier alpha value is -1.05. The predicted molar refractivity (Wildman–Crippen MR) is 64.4 cm³/mol. The number of methoxy groups -OCH3 is 2. The van der Waals surface area contributed by atoms with Gasteiger partial charge in [-0.3, -0.25) is 0 Å². The van der Waals surface area contributed by atoms with Crippen LogP contribution in [0.1, 0.15) is 18.4 Å². The van der Waals surface area contributed by atoms with E-state index in [9.17, 15) is 8.78 Å². The Bertz CT molecular complexity index is 396. The van der Waals surface area contributed by atoms with Crippen molar-refractivity contribution >= 4 is 11.8 Å². The van der Waals surface area contributed by atoms with Gasteiger partial charge in [0.15, 0.2) is 5.16 Å². The Morgan fingerprint density at radius 2 is 2.17 bits per heavy atom. The van der Waals surface area contributed by atoms with Crippen LogP contribution in [0.3, 0.4) is 0 Å². The molecule has 0 saturated heterocycles. The van der Waals surface area contributed by atoms with Gasteiger partial charge in [-0.25, -0.2) is 9.97 Å². The maximum atomic E-state index is 11.8. The van der Waals surface area contributed by atoms with Crippen LogP contribution in [0, 0.1) is 0 Å². The maximum absolute atomic E-state index is 11.8. The molecule has 0 aromatic carbocycles. The molecule has 0 unspecified atom stereocenters. The molecule has 0 saturated carbocycles. The zero-order chi connectivity index (χ0) is 13.4. The first-order chi connectivity index (χ1) is 8.67. The summed E-state index contributed by atoms with van der Waals surface area (Å²) in [5.74, 6) is 0.491. The van der Waals surface area contributed by atoms with E-state index in [0.29, 0.717) is 16.6 Å². The van der Waals surface area contributed by atoms with Crippen LogP contribution in [0.15, 0.2) is 29.6 Å². The highest BCUT2D eigenvalue weighted by Crippen LogP contribution is 2.19. The molecule has 0 fully saturated rings. The summed E-state index contributed by atoms with van der Waals surface area (Å²) >= 11 is 1.30. The first-order valence-corrected chi connectivity index (χ1v) is 6.18. The highest BCUT2D eigenvalue weighted by atomic mass is 32.2. The minimum Gasteiger partial charge on any atom is -0.350 e. The van der Waals surface area contributed by atoms with Crippen LogP contribution in [0.4, 0.5) is 8.78 Å². The summed E-state index contributed by atoms with van der Waals surface area (Å²) in [6.45, 7) is 0. The summed E-state index contributed by atoms with van der Waals surface area (Å²) in [5.41, 5.74) is 0.602. The van der Waals surface area contributed by atoms with E-state index in [0.717, 1.165) is 6.08 Å². The SMILES string of the molecule is COC(OC)c1ccnc(SCCC=C(F)F)n1. The van der Waals surface area contributed by atoms with Gasteiger partial charge >= 0.3 is 0 Å². The van der Waals surface area contributed by atoms with Crippen LogP contribution in [-0.4, -0.2) is 29.9 Å². The number of aromatic nitrogens is 2. The quantitative estimate of drug-likeness (QED) is 0.331. The summed E-state index contributed by atoms with van der Waals surface area (Å²) in [7, 11) is 3.02. The van der Waals surface area contributed by atoms with E-state index in [1.165, 1.54) is 26.0 Å². The molecule has 0 bridgehead atoms. The fourth-order valence-electron chi connectivity index (χ4n) is 1.21. The molecule has 1 heterocycles. The summed E-state index contributed by atoms with van der Waals surface area (Å²) in [6, 6.07) is 1.68. The van der Waals surface area contributed by atoms with E-state index in [1.54, 1.807) is 12.3 Å². The molecule has 0 atom stereocenters. The van der Waals surface area contributed by atoms with Crippen LogP contribution < -0.4 is 0 Å². The Morgan fingerprint density at radius 1 is 1.44 bits per heavy atom. The van der Waals surface area contributed by atoms with E-state index in [1.807, 2.05) is 0 Å². The number of hydrogen-bond donors (Lipinski definition) is 0. The van der Waals surface area contributed by atoms with Gasteiger partial charge in [0.05, 0.1) is 0 Å². The maximum Gasteiger partial charge on any atom is 0.266 e. The Morgan fingerprint density at radius 3 is 2.78 bits per heavy atom. The van der Waals surface area contributed by atoms with Crippen molar-refractivity contribution in [3.63, 3.8) is 0 Å². The average molecular weight is 276 g/mol. The molecular weight excluding hydrogens is 262 g/mol. The lowest BCUT2D eigenvalue weighted by atomic mass is 10.4. The molecule has 0 aliphatic rings. The number of allylic oxidation sites excluding steroid dienone is 1. The molecule has 0 aliphatic heterocycles. The molecule has 0 amide bonds. The average Bonchev–Trinajstić information content (AvgIpc) is 2.36. The third-order valence-electron chi connectivity index (χ3n) is 1.97. The van der Waals surface area contributed by atoms with Gasteiger partial charge in [0, 0.05) is 26.2 Å². The van der Waals surface area contributed by atoms with Gasteiger partial charge in [-0.1, -0.05) is 11.8 Å². The summed E-state index contributed by atoms with van der Waals surface area (Å²) < 4.78 is 33.8. The number of ether oxygens (including phenoxy) is 2. The van der Waals surface area contributed by atoms with Crippen LogP contribution >= 0.6 is 11.8 Å². The van der Waals surface area contributed by atoms with Gasteiger partial charge in [0.2, 0.25) is 6.29 Å². The lowest BCUT2D eigenvalue weighted by molar-refractivity contribution is -0.109. The van der Waals surface area contributed by atoms with Crippen molar-refractivity contribution in [2.75, 3.05) is 20.0 Å². The first kappa shape index (κ1) is 15.0. The summed E-state index contributed by atoms with van der Waals surface area (Å²) in [6.07, 6.45) is 0.531. The van der Waals surface area contributed by atoms with E-state index in [2.05, 4.69) is 9.97 Å². The van der Waals surface area contributed by atoms with Crippen molar-refractivity contribution in [3.8, 4) is 0 Å². The lowest BCUT2D eigenvalue weighted by Gasteiger charge is -2.12. The first-order valence-electron chi connectivity index (χ1n) is 5.20. The second-order valence-corrected chi connectivity index (χ2v) is 4.26. The molecule has 7 heteroatoms. The molecular formula is C11H14F2N2O2S. The molecule has 1 aromatic rings. The number of hydrogen-bond acceptors (Lipinski definition) is 5. The second kappa shape index (κ2) is 8.12. The fourth-order valence-corrected chi connectivity index (χ4v) is 1.93. The van der Waals surface area contributed by atoms with Gasteiger partial charge in [0.1, 0.15) is 5.69 Å². The summed E-state index contributed by atoms with van der Waals surface area (Å²) in [4.78, 5) is 8.26. The fraction of sp³-hybridized carbons (Fsp3) is 0.455. The monoisotopic (exact) mass is 276 g/mol. The number of rotatable bonds is 7. The second-order valence-electron chi connectivity index (χ2n) is 3.20. The molecule has 4 nitrogen and oxygen atoms in total. The molecule has 0 aliphatic carbocycles. The van der Waals surface area contributed by atoms with Gasteiger partial charge in [-0.2, -0.15) is 8.78 Å². The van der Waals surface area contributed by atoms with Crippen molar-refractivity contribution in [1.29, 1.82) is 0 Å². The molecule has 1 rings (SSSR count). The van der Waals surface area contributed by atoms with Gasteiger partial charge in [-0.15, -0.1) is 0 Å². The standard InChI is InChI=1S/C11H14F2N2O2S/c1-16-10(17-2)8-5-6-14-11(15-8)18-7-3-4-9(12)13/h4-6,10H,3,7H2,1-2H3. The normalized spacial score (nSPS) is 10.7. The van der Waals surface area contributed by atoms with E-state index in [-0.39, 0.29) is 6.42 Å². The largest absolute Gasteiger partial charge is 0.350 e.